The third-order valence-electron chi connectivity index (χ3n) is 3.42. The number of hydrogen-bond donors (Lipinski definition) is 2. The van der Waals surface area contributed by atoms with E-state index in [1.165, 1.54) is 12.1 Å². The van der Waals surface area contributed by atoms with Gasteiger partial charge in [0.05, 0.1) is 12.3 Å². The van der Waals surface area contributed by atoms with Crippen molar-refractivity contribution >= 4 is 11.9 Å². The summed E-state index contributed by atoms with van der Waals surface area (Å²) in [7, 11) is 0. The van der Waals surface area contributed by atoms with Gasteiger partial charge in [0.25, 0.3) is 0 Å². The van der Waals surface area contributed by atoms with E-state index < -0.39 is 5.97 Å². The van der Waals surface area contributed by atoms with Crippen LogP contribution < -0.4 is 5.32 Å². The molecule has 0 aliphatic heterocycles. The summed E-state index contributed by atoms with van der Waals surface area (Å²) in [5.41, 5.74) is 0.742. The molecule has 0 saturated heterocycles. The van der Waals surface area contributed by atoms with Crippen molar-refractivity contribution < 1.29 is 19.1 Å². The molecule has 0 heterocycles. The van der Waals surface area contributed by atoms with Gasteiger partial charge in [0.1, 0.15) is 5.82 Å². The average molecular weight is 265 g/mol. The highest BCUT2D eigenvalue weighted by molar-refractivity contribution is 5.79. The third kappa shape index (κ3) is 3.77. The number of nitrogens with one attached hydrogen (secondary N) is 1. The first-order chi connectivity index (χ1) is 9.04. The van der Waals surface area contributed by atoms with Gasteiger partial charge in [-0.1, -0.05) is 12.1 Å². The molecular weight excluding hydrogens is 249 g/mol. The van der Waals surface area contributed by atoms with Gasteiger partial charge >= 0.3 is 5.97 Å². The summed E-state index contributed by atoms with van der Waals surface area (Å²) in [6.45, 7) is 0. The summed E-state index contributed by atoms with van der Waals surface area (Å²) < 4.78 is 12.7. The normalized spacial score (nSPS) is 22.2. The van der Waals surface area contributed by atoms with Crippen LogP contribution in [0.15, 0.2) is 24.3 Å². The van der Waals surface area contributed by atoms with E-state index in [9.17, 15) is 14.0 Å². The van der Waals surface area contributed by atoms with Gasteiger partial charge in [-0.15, -0.1) is 0 Å². The number of carboxylic acids is 1. The number of aliphatic carboxylic acids is 1. The summed E-state index contributed by atoms with van der Waals surface area (Å²) in [5, 5.41) is 11.7. The van der Waals surface area contributed by atoms with Crippen LogP contribution in [0.5, 0.6) is 0 Å². The van der Waals surface area contributed by atoms with Gasteiger partial charge in [-0.2, -0.15) is 0 Å². The minimum absolute atomic E-state index is 0.0611. The highest BCUT2D eigenvalue weighted by atomic mass is 19.1. The molecule has 2 N–H and O–H groups in total. The molecule has 19 heavy (non-hydrogen) atoms. The number of benzene rings is 1. The molecular formula is C14H16FNO3. The number of carboxylic acid groups (broad SMARTS) is 1. The predicted molar refractivity (Wildman–Crippen MR) is 67.0 cm³/mol. The highest BCUT2D eigenvalue weighted by Crippen LogP contribution is 2.25. The van der Waals surface area contributed by atoms with E-state index in [2.05, 4.69) is 5.32 Å². The van der Waals surface area contributed by atoms with E-state index in [0.29, 0.717) is 19.3 Å². The van der Waals surface area contributed by atoms with Crippen LogP contribution in [0.3, 0.4) is 0 Å². The Bertz CT molecular complexity index is 472. The fraction of sp³-hybridized carbons (Fsp3) is 0.429. The molecule has 4 nitrogen and oxygen atoms in total. The number of halogens is 1. The maximum absolute atomic E-state index is 12.7. The SMILES string of the molecule is O=C(Cc1ccc(F)cc1)N[C@@H]1CC[C@@H](C(=O)O)C1. The lowest BCUT2D eigenvalue weighted by atomic mass is 10.1. The van der Waals surface area contributed by atoms with Crippen LogP contribution in [-0.2, 0) is 16.0 Å². The van der Waals surface area contributed by atoms with E-state index in [0.717, 1.165) is 5.56 Å². The highest BCUT2D eigenvalue weighted by Gasteiger charge is 2.30. The molecule has 0 aromatic heterocycles. The molecule has 5 heteroatoms. The standard InChI is InChI=1S/C14H16FNO3/c15-11-4-1-9(2-5-11)7-13(17)16-12-6-3-10(8-12)14(18)19/h1-2,4-5,10,12H,3,6-8H2,(H,16,17)(H,18,19)/t10-,12-/m1/s1. The summed E-state index contributed by atoms with van der Waals surface area (Å²) in [6, 6.07) is 5.72. The predicted octanol–water partition coefficient (Wildman–Crippen LogP) is 1.74. The van der Waals surface area contributed by atoms with Gasteiger partial charge in [-0.25, -0.2) is 4.39 Å². The third-order valence-corrected chi connectivity index (χ3v) is 3.42. The molecule has 1 aromatic rings. The van der Waals surface area contributed by atoms with Crippen molar-refractivity contribution in [2.75, 3.05) is 0 Å². The molecule has 1 saturated carbocycles. The number of hydrogen-bond acceptors (Lipinski definition) is 2. The zero-order valence-electron chi connectivity index (χ0n) is 10.4. The fourth-order valence-corrected chi connectivity index (χ4v) is 2.40. The molecule has 0 unspecified atom stereocenters. The van der Waals surface area contributed by atoms with Crippen molar-refractivity contribution in [2.24, 2.45) is 5.92 Å². The average Bonchev–Trinajstić information content (AvgIpc) is 2.80. The molecule has 0 spiro atoms. The van der Waals surface area contributed by atoms with E-state index in [1.807, 2.05) is 0 Å². The Hall–Kier alpha value is -1.91. The van der Waals surface area contributed by atoms with Gasteiger partial charge in [0.2, 0.25) is 5.91 Å². The Morgan fingerprint density at radius 2 is 1.95 bits per heavy atom. The lowest BCUT2D eigenvalue weighted by Crippen LogP contribution is -2.34. The maximum atomic E-state index is 12.7. The Morgan fingerprint density at radius 3 is 2.53 bits per heavy atom. The molecule has 2 rings (SSSR count). The van der Waals surface area contributed by atoms with Crippen LogP contribution in [0.4, 0.5) is 4.39 Å². The minimum Gasteiger partial charge on any atom is -0.481 e. The van der Waals surface area contributed by atoms with Crippen LogP contribution in [0.1, 0.15) is 24.8 Å². The van der Waals surface area contributed by atoms with Crippen LogP contribution in [-0.4, -0.2) is 23.0 Å². The molecule has 1 aliphatic carbocycles. The number of carbonyl (C=O) groups excluding carboxylic acids is 1. The second kappa shape index (κ2) is 5.82. The van der Waals surface area contributed by atoms with Gasteiger partial charge in [0.15, 0.2) is 0 Å². The first-order valence-electron chi connectivity index (χ1n) is 6.31. The molecule has 1 fully saturated rings. The minimum atomic E-state index is -0.796. The topological polar surface area (TPSA) is 66.4 Å². The molecule has 0 bridgehead atoms. The second-order valence-corrected chi connectivity index (χ2v) is 4.92. The first kappa shape index (κ1) is 13.5. The van der Waals surface area contributed by atoms with E-state index in [4.69, 9.17) is 5.11 Å². The summed E-state index contributed by atoms with van der Waals surface area (Å²) in [6.07, 6.45) is 1.99. The quantitative estimate of drug-likeness (QED) is 0.871. The van der Waals surface area contributed by atoms with Gasteiger partial charge in [-0.3, -0.25) is 9.59 Å². The Morgan fingerprint density at radius 1 is 1.26 bits per heavy atom. The Balaban J connectivity index is 1.82. The first-order valence-corrected chi connectivity index (χ1v) is 6.31. The van der Waals surface area contributed by atoms with Crippen molar-refractivity contribution in [3.8, 4) is 0 Å². The lowest BCUT2D eigenvalue weighted by Gasteiger charge is -2.12. The number of amides is 1. The number of rotatable bonds is 4. The zero-order chi connectivity index (χ0) is 13.8. The lowest BCUT2D eigenvalue weighted by molar-refractivity contribution is -0.141. The summed E-state index contributed by atoms with van der Waals surface area (Å²) in [4.78, 5) is 22.6. The van der Waals surface area contributed by atoms with Crippen molar-refractivity contribution in [2.45, 2.75) is 31.7 Å². The van der Waals surface area contributed by atoms with Crippen molar-refractivity contribution in [1.29, 1.82) is 0 Å². The van der Waals surface area contributed by atoms with Crippen LogP contribution in [0.25, 0.3) is 0 Å². The Labute approximate surface area is 110 Å². The molecule has 102 valence electrons. The summed E-state index contributed by atoms with van der Waals surface area (Å²) in [5.74, 6) is -1.63. The van der Waals surface area contributed by atoms with Gasteiger partial charge in [-0.05, 0) is 37.0 Å². The van der Waals surface area contributed by atoms with Crippen molar-refractivity contribution in [3.63, 3.8) is 0 Å². The van der Waals surface area contributed by atoms with Gasteiger partial charge < -0.3 is 10.4 Å². The molecule has 0 radical (unpaired) electrons. The molecule has 1 aliphatic rings. The van der Waals surface area contributed by atoms with Crippen molar-refractivity contribution in [1.82, 2.24) is 5.32 Å². The second-order valence-electron chi connectivity index (χ2n) is 4.92. The van der Waals surface area contributed by atoms with Crippen LogP contribution in [0, 0.1) is 11.7 Å². The van der Waals surface area contributed by atoms with E-state index >= 15 is 0 Å². The molecule has 2 atom stereocenters. The summed E-state index contributed by atoms with van der Waals surface area (Å²) >= 11 is 0. The molecule has 1 aromatic carbocycles. The van der Waals surface area contributed by atoms with Crippen LogP contribution in [0.2, 0.25) is 0 Å². The van der Waals surface area contributed by atoms with Gasteiger partial charge in [0, 0.05) is 6.04 Å². The van der Waals surface area contributed by atoms with Crippen molar-refractivity contribution in [3.05, 3.63) is 35.6 Å². The van der Waals surface area contributed by atoms with E-state index in [1.54, 1.807) is 12.1 Å². The zero-order valence-corrected chi connectivity index (χ0v) is 10.4. The number of carbonyl (C=O) groups is 2. The monoisotopic (exact) mass is 265 g/mol. The Kier molecular flexibility index (Phi) is 4.14. The van der Waals surface area contributed by atoms with E-state index in [-0.39, 0.29) is 30.1 Å². The maximum Gasteiger partial charge on any atom is 0.306 e. The smallest absolute Gasteiger partial charge is 0.306 e. The van der Waals surface area contributed by atoms with Crippen LogP contribution >= 0.6 is 0 Å². The largest absolute Gasteiger partial charge is 0.481 e. The fourth-order valence-electron chi connectivity index (χ4n) is 2.40. The molecule has 1 amide bonds.